The third kappa shape index (κ3) is 5.02. The third-order valence-electron chi connectivity index (χ3n) is 9.97. The Bertz CT molecular complexity index is 2120. The van der Waals surface area contributed by atoms with Crippen molar-refractivity contribution in [2.24, 2.45) is 11.8 Å². The summed E-state index contributed by atoms with van der Waals surface area (Å²) in [5.74, 6) is -4.97. The zero-order valence-electron chi connectivity index (χ0n) is 26.8. The van der Waals surface area contributed by atoms with Crippen molar-refractivity contribution < 1.29 is 28.7 Å². The van der Waals surface area contributed by atoms with Gasteiger partial charge in [-0.3, -0.25) is 19.2 Å². The van der Waals surface area contributed by atoms with Gasteiger partial charge in [-0.05, 0) is 77.7 Å². The normalized spacial score (nSPS) is 19.8. The maximum Gasteiger partial charge on any atom is 0.343 e. The van der Waals surface area contributed by atoms with Gasteiger partial charge in [-0.2, -0.15) is 5.01 Å². The second kappa shape index (κ2) is 12.2. The molecule has 0 radical (unpaired) electrons. The molecular weight excluding hydrogens is 652 g/mol. The zero-order valence-corrected chi connectivity index (χ0v) is 27.5. The first-order valence-electron chi connectivity index (χ1n) is 16.3. The molecule has 9 heteroatoms. The van der Waals surface area contributed by atoms with Gasteiger partial charge < -0.3 is 4.74 Å². The average Bonchev–Trinajstić information content (AvgIpc) is 3.40. The Hall–Kier alpha value is -5.86. The number of aryl methyl sites for hydroxylation is 1. The molecule has 1 aliphatic heterocycles. The molecule has 0 N–H and O–H groups in total. The number of nitrogens with zero attached hydrogens (tertiary/aromatic N) is 2. The van der Waals surface area contributed by atoms with E-state index in [1.807, 2.05) is 55.5 Å². The number of hydrazine groups is 1. The predicted octanol–water partition coefficient (Wildman–Crippen LogP) is 7.00. The summed E-state index contributed by atoms with van der Waals surface area (Å²) in [6, 6.07) is 34.9. The molecular formula is C41H29ClN2O6. The molecule has 0 unspecified atom stereocenters. The van der Waals surface area contributed by atoms with Crippen LogP contribution in [0.25, 0.3) is 0 Å². The minimum absolute atomic E-state index is 0.0466. The summed E-state index contributed by atoms with van der Waals surface area (Å²) in [6.07, 6.45) is 0. The molecule has 5 aromatic rings. The van der Waals surface area contributed by atoms with Crippen molar-refractivity contribution in [2.75, 3.05) is 6.54 Å². The van der Waals surface area contributed by atoms with E-state index in [0.29, 0.717) is 5.56 Å². The number of esters is 1. The van der Waals surface area contributed by atoms with Crippen LogP contribution in [0.2, 0.25) is 5.02 Å². The lowest BCUT2D eigenvalue weighted by Gasteiger charge is -2.45. The van der Waals surface area contributed by atoms with E-state index >= 15 is 0 Å². The molecule has 3 amide bonds. The fourth-order valence-electron chi connectivity index (χ4n) is 7.70. The maximum absolute atomic E-state index is 14.5. The summed E-state index contributed by atoms with van der Waals surface area (Å²) < 4.78 is 5.48. The molecule has 50 heavy (non-hydrogen) atoms. The van der Waals surface area contributed by atoms with Gasteiger partial charge in [-0.15, -0.1) is 0 Å². The summed E-state index contributed by atoms with van der Waals surface area (Å²) in [6.45, 7) is 1.30. The molecule has 246 valence electrons. The van der Waals surface area contributed by atoms with Gasteiger partial charge in [0.15, 0.2) is 5.78 Å². The first kappa shape index (κ1) is 31.4. The van der Waals surface area contributed by atoms with Crippen LogP contribution < -0.4 is 4.74 Å². The number of carbonyl (C=O) groups excluding carboxylic acids is 5. The van der Waals surface area contributed by atoms with Crippen molar-refractivity contribution >= 4 is 41.1 Å². The Labute approximate surface area is 292 Å². The van der Waals surface area contributed by atoms with Crippen molar-refractivity contribution in [2.45, 2.75) is 18.8 Å². The number of Topliss-reactive ketones (excluding diaryl/α,β-unsaturated/α-hetero) is 1. The molecule has 2 atom stereocenters. The number of rotatable bonds is 7. The number of ether oxygens (including phenoxy) is 1. The van der Waals surface area contributed by atoms with Gasteiger partial charge in [0.25, 0.3) is 17.7 Å². The van der Waals surface area contributed by atoms with Crippen molar-refractivity contribution in [3.63, 3.8) is 0 Å². The Balaban J connectivity index is 1.12. The second-order valence-corrected chi connectivity index (χ2v) is 13.2. The van der Waals surface area contributed by atoms with Crippen LogP contribution in [0.3, 0.4) is 0 Å². The quantitative estimate of drug-likeness (QED) is 0.0794. The van der Waals surface area contributed by atoms with E-state index in [4.69, 9.17) is 16.3 Å². The number of carbonyl (C=O) groups is 5. The average molecular weight is 681 g/mol. The van der Waals surface area contributed by atoms with Crippen molar-refractivity contribution in [3.05, 3.63) is 171 Å². The summed E-state index contributed by atoms with van der Waals surface area (Å²) in [5, 5.41) is 1.94. The molecule has 8 nitrogen and oxygen atoms in total. The molecule has 1 heterocycles. The number of ketones is 1. The molecule has 1 saturated heterocycles. The highest BCUT2D eigenvalue weighted by Gasteiger charge is 2.63. The Morgan fingerprint density at radius 1 is 0.660 bits per heavy atom. The molecule has 5 aromatic carbocycles. The fraction of sp³-hybridized carbons (Fsp3) is 0.146. The van der Waals surface area contributed by atoms with E-state index in [1.54, 1.807) is 36.4 Å². The highest BCUT2D eigenvalue weighted by Crippen LogP contribution is 2.61. The van der Waals surface area contributed by atoms with Crippen LogP contribution in [-0.2, 0) is 9.59 Å². The van der Waals surface area contributed by atoms with Crippen LogP contribution in [0.15, 0.2) is 121 Å². The monoisotopic (exact) mass is 680 g/mol. The highest BCUT2D eigenvalue weighted by molar-refractivity contribution is 6.34. The van der Waals surface area contributed by atoms with Crippen LogP contribution in [-0.4, -0.2) is 46.0 Å². The number of benzene rings is 5. The van der Waals surface area contributed by atoms with E-state index in [0.717, 1.165) is 37.8 Å². The Morgan fingerprint density at radius 2 is 1.14 bits per heavy atom. The van der Waals surface area contributed by atoms with Crippen LogP contribution in [0.4, 0.5) is 0 Å². The first-order chi connectivity index (χ1) is 24.2. The van der Waals surface area contributed by atoms with Gasteiger partial charge in [-0.1, -0.05) is 90.0 Å². The van der Waals surface area contributed by atoms with Gasteiger partial charge in [0, 0.05) is 17.4 Å². The molecule has 0 spiro atoms. The van der Waals surface area contributed by atoms with Crippen LogP contribution >= 0.6 is 11.6 Å². The fourth-order valence-corrected chi connectivity index (χ4v) is 7.91. The smallest absolute Gasteiger partial charge is 0.343 e. The minimum Gasteiger partial charge on any atom is -0.423 e. The molecule has 2 bridgehead atoms. The summed E-state index contributed by atoms with van der Waals surface area (Å²) in [5.41, 5.74) is 5.58. The van der Waals surface area contributed by atoms with Crippen molar-refractivity contribution in [1.82, 2.24) is 10.0 Å². The summed E-state index contributed by atoms with van der Waals surface area (Å²) >= 11 is 6.44. The van der Waals surface area contributed by atoms with Gasteiger partial charge in [0.1, 0.15) is 12.3 Å². The largest absolute Gasteiger partial charge is 0.423 e. The van der Waals surface area contributed by atoms with Gasteiger partial charge in [0.2, 0.25) is 0 Å². The number of imide groups is 1. The Morgan fingerprint density at radius 3 is 1.66 bits per heavy atom. The van der Waals surface area contributed by atoms with E-state index in [1.165, 1.54) is 36.4 Å². The van der Waals surface area contributed by atoms with Crippen LogP contribution in [0.5, 0.6) is 5.75 Å². The van der Waals surface area contributed by atoms with E-state index in [-0.39, 0.29) is 33.7 Å². The lowest BCUT2D eigenvalue weighted by Crippen LogP contribution is -2.52. The lowest BCUT2D eigenvalue weighted by atomic mass is 9.55. The first-order valence-corrected chi connectivity index (χ1v) is 16.6. The molecule has 9 rings (SSSR count). The van der Waals surface area contributed by atoms with Gasteiger partial charge >= 0.3 is 5.97 Å². The lowest BCUT2D eigenvalue weighted by molar-refractivity contribution is -0.154. The molecule has 3 aliphatic carbocycles. The molecule has 1 fully saturated rings. The summed E-state index contributed by atoms with van der Waals surface area (Å²) in [7, 11) is 0. The van der Waals surface area contributed by atoms with Crippen LogP contribution in [0, 0.1) is 18.8 Å². The Kier molecular flexibility index (Phi) is 7.68. The van der Waals surface area contributed by atoms with E-state index in [2.05, 4.69) is 0 Å². The topological polar surface area (TPSA) is 101 Å². The second-order valence-electron chi connectivity index (χ2n) is 12.8. The van der Waals surface area contributed by atoms with Gasteiger partial charge in [-0.25, -0.2) is 9.80 Å². The maximum atomic E-state index is 14.5. The SMILES string of the molecule is Cc1ccc(C(=O)Oc2ccc(C(=O)CN(C(=O)c3ccccc3Cl)N3C(=O)[C@@H]4C5c6ccccc6C(c6ccccc65)[C@@H]4C3=O)cc2)cc1. The number of hydrogen-bond donors (Lipinski definition) is 0. The minimum atomic E-state index is -0.754. The van der Waals surface area contributed by atoms with Crippen molar-refractivity contribution in [3.8, 4) is 5.75 Å². The molecule has 0 aromatic heterocycles. The predicted molar refractivity (Wildman–Crippen MR) is 185 cm³/mol. The van der Waals surface area contributed by atoms with E-state index in [9.17, 15) is 24.0 Å². The van der Waals surface area contributed by atoms with Crippen molar-refractivity contribution in [1.29, 1.82) is 0 Å². The third-order valence-corrected chi connectivity index (χ3v) is 10.3. The molecule has 0 saturated carbocycles. The van der Waals surface area contributed by atoms with Gasteiger partial charge in [0.05, 0.1) is 28.0 Å². The van der Waals surface area contributed by atoms with Crippen LogP contribution in [0.1, 0.15) is 70.7 Å². The van der Waals surface area contributed by atoms with E-state index < -0.39 is 47.9 Å². The highest BCUT2D eigenvalue weighted by atomic mass is 35.5. The standard InChI is InChI=1S/C41H29ClN2O6/c1-23-14-16-25(17-15-23)41(49)50-26-20-18-24(19-21-26)33(45)22-43(38(46)31-12-6-7-13-32(31)42)44-39(47)36-34-27-8-2-3-9-28(27)35(37(36)40(44)48)30-11-5-4-10-29(30)34/h2-21,34-37H,22H2,1H3/t34?,35?,36-,37+. The summed E-state index contributed by atoms with van der Waals surface area (Å²) in [4.78, 5) is 69.8. The number of hydrogen-bond acceptors (Lipinski definition) is 6. The number of amides is 3. The number of halogens is 1. The molecule has 4 aliphatic rings. The zero-order chi connectivity index (χ0) is 34.7.